The van der Waals surface area contributed by atoms with E-state index in [9.17, 15) is 13.2 Å². The molecule has 0 spiro atoms. The van der Waals surface area contributed by atoms with E-state index >= 15 is 0 Å². The summed E-state index contributed by atoms with van der Waals surface area (Å²) in [4.78, 5) is 11.8. The number of carbonyl (C=O) groups is 1. The number of anilines is 1. The number of hydrogen-bond donors (Lipinski definition) is 2. The van der Waals surface area contributed by atoms with Gasteiger partial charge in [-0.15, -0.1) is 0 Å². The zero-order chi connectivity index (χ0) is 14.0. The second-order valence-electron chi connectivity index (χ2n) is 3.63. The number of benzene rings is 1. The second kappa shape index (κ2) is 5.16. The molecule has 0 unspecified atom stereocenters. The first-order valence-electron chi connectivity index (χ1n) is 5.06. The number of carbonyl (C=O) groups excluding carboxylic acids is 1. The summed E-state index contributed by atoms with van der Waals surface area (Å²) in [6, 6.07) is 9.31. The van der Waals surface area contributed by atoms with Crippen molar-refractivity contribution < 1.29 is 17.6 Å². The van der Waals surface area contributed by atoms with Crippen LogP contribution >= 0.6 is 15.9 Å². The Morgan fingerprint density at radius 2 is 2.00 bits per heavy atom. The predicted octanol–water partition coefficient (Wildman–Crippen LogP) is 1.94. The number of halogens is 1. The molecule has 0 saturated carbocycles. The smallest absolute Gasteiger partial charge is 0.291 e. The fourth-order valence-corrected chi connectivity index (χ4v) is 2.22. The number of primary sulfonamides is 1. The van der Waals surface area contributed by atoms with Crippen molar-refractivity contribution in [1.29, 1.82) is 0 Å². The van der Waals surface area contributed by atoms with Gasteiger partial charge in [-0.2, -0.15) is 0 Å². The summed E-state index contributed by atoms with van der Waals surface area (Å²) in [7, 11) is -3.95. The fourth-order valence-electron chi connectivity index (χ4n) is 1.35. The Kier molecular flexibility index (Phi) is 3.74. The van der Waals surface area contributed by atoms with Gasteiger partial charge >= 0.3 is 0 Å². The van der Waals surface area contributed by atoms with E-state index in [1.54, 1.807) is 18.2 Å². The Labute approximate surface area is 117 Å². The van der Waals surface area contributed by atoms with Crippen LogP contribution in [0.5, 0.6) is 0 Å². The summed E-state index contributed by atoms with van der Waals surface area (Å²) in [5, 5.41) is 7.00. The van der Waals surface area contributed by atoms with Crippen molar-refractivity contribution in [2.24, 2.45) is 5.14 Å². The van der Waals surface area contributed by atoms with Gasteiger partial charge in [0.05, 0.1) is 0 Å². The van der Waals surface area contributed by atoms with Crippen LogP contribution in [-0.2, 0) is 10.0 Å². The molecule has 0 fully saturated rings. The second-order valence-corrected chi connectivity index (χ2v) is 6.04. The molecule has 0 bridgehead atoms. The van der Waals surface area contributed by atoms with E-state index in [4.69, 9.17) is 9.56 Å². The van der Waals surface area contributed by atoms with Gasteiger partial charge in [0.15, 0.2) is 5.76 Å². The molecule has 8 heteroatoms. The Balaban J connectivity index is 2.19. The molecule has 3 N–H and O–H groups in total. The standard InChI is InChI=1S/C11H9BrN2O4S/c12-7-2-1-3-8(6-7)14-11(15)9-4-5-10(18-9)19(13,16)17/h1-6H,(H,14,15)(H2,13,16,17). The first-order chi connectivity index (χ1) is 8.86. The third kappa shape index (κ3) is 3.43. The highest BCUT2D eigenvalue weighted by Crippen LogP contribution is 2.18. The lowest BCUT2D eigenvalue weighted by atomic mass is 10.3. The monoisotopic (exact) mass is 344 g/mol. The van der Waals surface area contributed by atoms with Gasteiger partial charge in [-0.05, 0) is 30.3 Å². The number of sulfonamides is 1. The van der Waals surface area contributed by atoms with E-state index in [1.807, 2.05) is 6.07 Å². The lowest BCUT2D eigenvalue weighted by Gasteiger charge is -2.03. The quantitative estimate of drug-likeness (QED) is 0.887. The van der Waals surface area contributed by atoms with Crippen molar-refractivity contribution in [2.45, 2.75) is 5.09 Å². The first kappa shape index (κ1) is 13.8. The minimum absolute atomic E-state index is 0.135. The van der Waals surface area contributed by atoms with Crippen LogP contribution in [0.2, 0.25) is 0 Å². The molecular formula is C11H9BrN2O4S. The summed E-state index contributed by atoms with van der Waals surface area (Å²) < 4.78 is 27.7. The van der Waals surface area contributed by atoms with E-state index in [-0.39, 0.29) is 5.76 Å². The molecule has 1 amide bonds. The Morgan fingerprint density at radius 1 is 1.26 bits per heavy atom. The van der Waals surface area contributed by atoms with Crippen LogP contribution in [0.1, 0.15) is 10.6 Å². The zero-order valence-electron chi connectivity index (χ0n) is 9.46. The maximum atomic E-state index is 11.8. The molecule has 0 saturated heterocycles. The molecule has 100 valence electrons. The summed E-state index contributed by atoms with van der Waals surface area (Å²) in [5.74, 6) is -0.697. The van der Waals surface area contributed by atoms with Crippen molar-refractivity contribution in [2.75, 3.05) is 5.32 Å². The number of hydrogen-bond acceptors (Lipinski definition) is 4. The largest absolute Gasteiger partial charge is 0.438 e. The predicted molar refractivity (Wildman–Crippen MR) is 72.2 cm³/mol. The average molecular weight is 345 g/mol. The molecule has 6 nitrogen and oxygen atoms in total. The third-order valence-corrected chi connectivity index (χ3v) is 3.44. The van der Waals surface area contributed by atoms with E-state index in [1.165, 1.54) is 6.07 Å². The molecule has 1 aromatic heterocycles. The summed E-state index contributed by atoms with van der Waals surface area (Å²) in [5.41, 5.74) is 0.549. The van der Waals surface area contributed by atoms with Crippen molar-refractivity contribution in [1.82, 2.24) is 0 Å². The molecule has 0 atom stereocenters. The van der Waals surface area contributed by atoms with Gasteiger partial charge in [-0.25, -0.2) is 13.6 Å². The van der Waals surface area contributed by atoms with Gasteiger partial charge in [-0.3, -0.25) is 4.79 Å². The highest BCUT2D eigenvalue weighted by Gasteiger charge is 2.17. The molecule has 2 rings (SSSR count). The van der Waals surface area contributed by atoms with Crippen LogP contribution in [0.3, 0.4) is 0 Å². The highest BCUT2D eigenvalue weighted by molar-refractivity contribution is 9.10. The number of amides is 1. The van der Waals surface area contributed by atoms with Crippen molar-refractivity contribution in [3.63, 3.8) is 0 Å². The van der Waals surface area contributed by atoms with Gasteiger partial charge in [0, 0.05) is 10.2 Å². The van der Waals surface area contributed by atoms with Gasteiger partial charge in [0.25, 0.3) is 15.9 Å². The van der Waals surface area contributed by atoms with E-state index in [2.05, 4.69) is 21.2 Å². The van der Waals surface area contributed by atoms with Crippen LogP contribution in [0.25, 0.3) is 0 Å². The maximum absolute atomic E-state index is 11.8. The fraction of sp³-hybridized carbons (Fsp3) is 0. The molecule has 0 aliphatic rings. The topological polar surface area (TPSA) is 102 Å². The molecule has 0 aliphatic carbocycles. The lowest BCUT2D eigenvalue weighted by molar-refractivity contribution is 0.0991. The van der Waals surface area contributed by atoms with Crippen molar-refractivity contribution >= 4 is 37.5 Å². The summed E-state index contributed by atoms with van der Waals surface area (Å²) >= 11 is 3.27. The zero-order valence-corrected chi connectivity index (χ0v) is 11.9. The van der Waals surface area contributed by atoms with Crippen molar-refractivity contribution in [3.05, 3.63) is 46.6 Å². The third-order valence-electron chi connectivity index (χ3n) is 2.17. The normalized spacial score (nSPS) is 11.3. The number of nitrogens with two attached hydrogens (primary N) is 1. The number of rotatable bonds is 3. The average Bonchev–Trinajstić information content (AvgIpc) is 2.77. The molecule has 1 aromatic carbocycles. The van der Waals surface area contributed by atoms with Gasteiger partial charge < -0.3 is 9.73 Å². The molecular weight excluding hydrogens is 336 g/mol. The van der Waals surface area contributed by atoms with Crippen LogP contribution in [0.15, 0.2) is 50.4 Å². The Bertz CT molecular complexity index is 724. The van der Waals surface area contributed by atoms with Crippen molar-refractivity contribution in [3.8, 4) is 0 Å². The minimum Gasteiger partial charge on any atom is -0.438 e. The van der Waals surface area contributed by atoms with Crippen LogP contribution in [0.4, 0.5) is 5.69 Å². The number of furan rings is 1. The molecule has 19 heavy (non-hydrogen) atoms. The van der Waals surface area contributed by atoms with E-state index in [0.29, 0.717) is 5.69 Å². The van der Waals surface area contributed by atoms with E-state index < -0.39 is 21.0 Å². The van der Waals surface area contributed by atoms with Crippen LogP contribution < -0.4 is 10.5 Å². The first-order valence-corrected chi connectivity index (χ1v) is 7.40. The maximum Gasteiger partial charge on any atom is 0.291 e. The molecule has 2 aromatic rings. The highest BCUT2D eigenvalue weighted by atomic mass is 79.9. The molecule has 1 heterocycles. The summed E-state index contributed by atoms with van der Waals surface area (Å²) in [6.45, 7) is 0. The van der Waals surface area contributed by atoms with Gasteiger partial charge in [-0.1, -0.05) is 22.0 Å². The van der Waals surface area contributed by atoms with E-state index in [0.717, 1.165) is 10.5 Å². The Hall–Kier alpha value is -1.64. The minimum atomic E-state index is -3.95. The lowest BCUT2D eigenvalue weighted by Crippen LogP contribution is -2.12. The summed E-state index contributed by atoms with van der Waals surface area (Å²) in [6.07, 6.45) is 0. The van der Waals surface area contributed by atoms with Gasteiger partial charge in [0.2, 0.25) is 5.09 Å². The molecule has 0 aliphatic heterocycles. The van der Waals surface area contributed by atoms with Gasteiger partial charge in [0.1, 0.15) is 0 Å². The Morgan fingerprint density at radius 3 is 2.58 bits per heavy atom. The van der Waals surface area contributed by atoms with Crippen LogP contribution in [-0.4, -0.2) is 14.3 Å². The van der Waals surface area contributed by atoms with Crippen LogP contribution in [0, 0.1) is 0 Å². The molecule has 0 radical (unpaired) electrons. The SMILES string of the molecule is NS(=O)(=O)c1ccc(C(=O)Nc2cccc(Br)c2)o1. The number of nitrogens with one attached hydrogen (secondary N) is 1.